The molecule has 0 N–H and O–H groups in total. The average molecular weight is 330 g/mol. The predicted molar refractivity (Wildman–Crippen MR) is 87.0 cm³/mol. The van der Waals surface area contributed by atoms with Crippen LogP contribution in [-0.4, -0.2) is 31.7 Å². The Labute approximate surface area is 133 Å². The van der Waals surface area contributed by atoms with Gasteiger partial charge in [-0.05, 0) is 33.3 Å². The molecule has 1 unspecified atom stereocenters. The minimum Gasteiger partial charge on any atom is -0.366 e. The second-order valence-corrected chi connectivity index (χ2v) is 7.49. The van der Waals surface area contributed by atoms with Crippen molar-refractivity contribution in [3.63, 3.8) is 0 Å². The van der Waals surface area contributed by atoms with E-state index in [9.17, 15) is 4.57 Å². The highest BCUT2D eigenvalue weighted by molar-refractivity contribution is 7.60. The molecule has 0 aliphatic rings. The van der Waals surface area contributed by atoms with Crippen LogP contribution in [0.5, 0.6) is 0 Å². The minimum absolute atomic E-state index is 0.0494. The van der Waals surface area contributed by atoms with Crippen molar-refractivity contribution < 1.29 is 23.3 Å². The van der Waals surface area contributed by atoms with E-state index in [-0.39, 0.29) is 6.35 Å². The smallest absolute Gasteiger partial charge is 0.285 e. The van der Waals surface area contributed by atoms with Crippen LogP contribution in [0.3, 0.4) is 0 Å². The van der Waals surface area contributed by atoms with E-state index >= 15 is 0 Å². The van der Waals surface area contributed by atoms with Gasteiger partial charge in [0.2, 0.25) is 5.53 Å². The van der Waals surface area contributed by atoms with Crippen LogP contribution in [0.15, 0.2) is 30.3 Å². The summed E-state index contributed by atoms with van der Waals surface area (Å²) in [5, 5.41) is 0. The van der Waals surface area contributed by atoms with Gasteiger partial charge in [-0.2, -0.15) is 0 Å². The largest absolute Gasteiger partial charge is 0.366 e. The monoisotopic (exact) mass is 330 g/mol. The fourth-order valence-electron chi connectivity index (χ4n) is 2.11. The van der Waals surface area contributed by atoms with E-state index in [0.717, 1.165) is 5.56 Å². The molecule has 0 aliphatic heterocycles. The minimum atomic E-state index is -3.28. The molecule has 0 fully saturated rings. The highest BCUT2D eigenvalue weighted by atomic mass is 31.2. The summed E-state index contributed by atoms with van der Waals surface area (Å²) in [6.07, 6.45) is -0.0494. The van der Waals surface area contributed by atoms with Crippen molar-refractivity contribution in [2.45, 2.75) is 39.8 Å². The Balaban J connectivity index is 2.77. The van der Waals surface area contributed by atoms with E-state index in [2.05, 4.69) is 0 Å². The van der Waals surface area contributed by atoms with Gasteiger partial charge >= 0.3 is 0 Å². The summed E-state index contributed by atoms with van der Waals surface area (Å²) >= 11 is 0. The van der Waals surface area contributed by atoms with Gasteiger partial charge in [0.1, 0.15) is 6.35 Å². The fraction of sp³-hybridized carbons (Fsp3) is 0.625. The lowest BCUT2D eigenvalue weighted by molar-refractivity contribution is -0.169. The van der Waals surface area contributed by atoms with Crippen molar-refractivity contribution >= 4 is 7.37 Å². The van der Waals surface area contributed by atoms with Crippen LogP contribution in [-0.2, 0) is 29.9 Å². The standard InChI is InChI=1S/C16H27O5P/c1-5-19-16(4,20-6-2)22(17,21-7-3)14-18-13-15-11-9-8-10-12-15/h8-12H,5-7,13-14H2,1-4H3. The molecule has 1 aromatic carbocycles. The van der Waals surface area contributed by atoms with Gasteiger partial charge in [-0.15, -0.1) is 0 Å². The first-order chi connectivity index (χ1) is 10.5. The lowest BCUT2D eigenvalue weighted by Crippen LogP contribution is -2.35. The van der Waals surface area contributed by atoms with Crippen LogP contribution in [0.2, 0.25) is 0 Å². The molecule has 0 bridgehead atoms. The molecule has 1 aromatic rings. The molecular formula is C16H27O5P. The Kier molecular flexibility index (Phi) is 8.29. The third-order valence-corrected chi connectivity index (χ3v) is 5.85. The zero-order valence-corrected chi connectivity index (χ0v) is 14.8. The van der Waals surface area contributed by atoms with Gasteiger partial charge in [-0.25, -0.2) is 0 Å². The molecule has 22 heavy (non-hydrogen) atoms. The first-order valence-electron chi connectivity index (χ1n) is 7.64. The van der Waals surface area contributed by atoms with Gasteiger partial charge in [0, 0.05) is 13.2 Å². The van der Waals surface area contributed by atoms with Crippen molar-refractivity contribution in [1.29, 1.82) is 0 Å². The third kappa shape index (κ3) is 5.18. The zero-order chi connectivity index (χ0) is 16.5. The van der Waals surface area contributed by atoms with E-state index in [1.807, 2.05) is 44.2 Å². The van der Waals surface area contributed by atoms with E-state index in [0.29, 0.717) is 26.4 Å². The molecule has 0 amide bonds. The van der Waals surface area contributed by atoms with E-state index in [1.54, 1.807) is 13.8 Å². The fourth-order valence-corrected chi connectivity index (χ4v) is 4.06. The average Bonchev–Trinajstić information content (AvgIpc) is 2.49. The summed E-state index contributed by atoms with van der Waals surface area (Å²) in [4.78, 5) is 0. The normalized spacial score (nSPS) is 14.7. The summed E-state index contributed by atoms with van der Waals surface area (Å²) in [6, 6.07) is 9.72. The molecular weight excluding hydrogens is 303 g/mol. The molecule has 0 aromatic heterocycles. The maximum atomic E-state index is 13.2. The topological polar surface area (TPSA) is 54.0 Å². The van der Waals surface area contributed by atoms with Crippen molar-refractivity contribution in [3.05, 3.63) is 35.9 Å². The molecule has 0 saturated heterocycles. The van der Waals surface area contributed by atoms with E-state index < -0.39 is 12.9 Å². The second kappa shape index (κ2) is 9.43. The molecule has 0 spiro atoms. The van der Waals surface area contributed by atoms with Crippen LogP contribution in [0, 0.1) is 0 Å². The maximum absolute atomic E-state index is 13.2. The Morgan fingerprint density at radius 3 is 2.09 bits per heavy atom. The van der Waals surface area contributed by atoms with Gasteiger partial charge in [0.05, 0.1) is 13.2 Å². The number of benzene rings is 1. The molecule has 1 rings (SSSR count). The SMILES string of the molecule is CCOC(C)(OCC)P(=O)(COCc1ccccc1)OCC. The molecule has 6 heteroatoms. The Morgan fingerprint density at radius 2 is 1.59 bits per heavy atom. The second-order valence-electron chi connectivity index (χ2n) is 4.82. The molecule has 5 nitrogen and oxygen atoms in total. The first-order valence-corrected chi connectivity index (χ1v) is 9.45. The molecule has 0 heterocycles. The lowest BCUT2D eigenvalue weighted by atomic mass is 10.2. The van der Waals surface area contributed by atoms with E-state index in [4.69, 9.17) is 18.7 Å². The van der Waals surface area contributed by atoms with Gasteiger partial charge in [-0.3, -0.25) is 4.57 Å². The lowest BCUT2D eigenvalue weighted by Gasteiger charge is -2.35. The summed E-state index contributed by atoms with van der Waals surface area (Å²) in [7, 11) is -3.28. The van der Waals surface area contributed by atoms with E-state index in [1.165, 1.54) is 0 Å². The van der Waals surface area contributed by atoms with Gasteiger partial charge in [0.25, 0.3) is 7.37 Å². The summed E-state index contributed by atoms with van der Waals surface area (Å²) in [6.45, 7) is 8.55. The number of ether oxygens (including phenoxy) is 3. The zero-order valence-electron chi connectivity index (χ0n) is 13.9. The van der Waals surface area contributed by atoms with Crippen LogP contribution < -0.4 is 0 Å². The van der Waals surface area contributed by atoms with Crippen molar-refractivity contribution in [3.8, 4) is 0 Å². The van der Waals surface area contributed by atoms with Crippen LogP contribution in [0.4, 0.5) is 0 Å². The molecule has 1 atom stereocenters. The predicted octanol–water partition coefficient (Wildman–Crippen LogP) is 4.22. The number of rotatable bonds is 11. The van der Waals surface area contributed by atoms with Crippen LogP contribution in [0.1, 0.15) is 33.3 Å². The quantitative estimate of drug-likeness (QED) is 0.449. The highest BCUT2D eigenvalue weighted by Gasteiger charge is 2.48. The van der Waals surface area contributed by atoms with Crippen LogP contribution in [0.25, 0.3) is 0 Å². The Morgan fingerprint density at radius 1 is 1.00 bits per heavy atom. The van der Waals surface area contributed by atoms with Gasteiger partial charge in [-0.1, -0.05) is 30.3 Å². The van der Waals surface area contributed by atoms with Crippen molar-refractivity contribution in [2.24, 2.45) is 0 Å². The maximum Gasteiger partial charge on any atom is 0.285 e. The number of hydrogen-bond donors (Lipinski definition) is 0. The molecule has 0 radical (unpaired) electrons. The third-order valence-electron chi connectivity index (χ3n) is 3.15. The first kappa shape index (κ1) is 19.3. The Hall–Kier alpha value is -0.710. The van der Waals surface area contributed by atoms with Crippen molar-refractivity contribution in [2.75, 3.05) is 26.2 Å². The Bertz CT molecular complexity index is 457. The summed E-state index contributed by atoms with van der Waals surface area (Å²) in [5.41, 5.74) is -0.275. The highest BCUT2D eigenvalue weighted by Crippen LogP contribution is 2.60. The summed E-state index contributed by atoms with van der Waals surface area (Å²) in [5.74, 6) is 0. The van der Waals surface area contributed by atoms with Gasteiger partial charge in [0.15, 0.2) is 0 Å². The van der Waals surface area contributed by atoms with Crippen LogP contribution >= 0.6 is 7.37 Å². The van der Waals surface area contributed by atoms with Crippen molar-refractivity contribution in [1.82, 2.24) is 0 Å². The molecule has 0 aliphatic carbocycles. The molecule has 126 valence electrons. The number of hydrogen-bond acceptors (Lipinski definition) is 5. The van der Waals surface area contributed by atoms with Gasteiger partial charge < -0.3 is 18.7 Å². The molecule has 0 saturated carbocycles. The summed E-state index contributed by atoms with van der Waals surface area (Å²) < 4.78 is 35.6.